The first-order valence-electron chi connectivity index (χ1n) is 6.91. The first kappa shape index (κ1) is 13.9. The van der Waals surface area contributed by atoms with E-state index >= 15 is 0 Å². The van der Waals surface area contributed by atoms with Gasteiger partial charge >= 0.3 is 0 Å². The highest BCUT2D eigenvalue weighted by Gasteiger charge is 2.16. The van der Waals surface area contributed by atoms with E-state index in [0.717, 1.165) is 44.6 Å². The van der Waals surface area contributed by atoms with Crippen LogP contribution in [0.15, 0.2) is 24.3 Å². The van der Waals surface area contributed by atoms with Gasteiger partial charge < -0.3 is 15.0 Å². The summed E-state index contributed by atoms with van der Waals surface area (Å²) >= 11 is 0. The highest BCUT2D eigenvalue weighted by Crippen LogP contribution is 2.17. The van der Waals surface area contributed by atoms with E-state index in [0.29, 0.717) is 6.54 Å². The van der Waals surface area contributed by atoms with E-state index in [1.807, 2.05) is 23.1 Å². The van der Waals surface area contributed by atoms with Gasteiger partial charge in [-0.15, -0.1) is 0 Å². The summed E-state index contributed by atoms with van der Waals surface area (Å²) in [5.41, 5.74) is 1.17. The summed E-state index contributed by atoms with van der Waals surface area (Å²) in [6.45, 7) is 3.08. The predicted octanol–water partition coefficient (Wildman–Crippen LogP) is 1.45. The molecule has 1 aliphatic rings. The van der Waals surface area contributed by atoms with Gasteiger partial charge in [0.1, 0.15) is 5.75 Å². The van der Waals surface area contributed by atoms with E-state index in [2.05, 4.69) is 11.4 Å². The van der Waals surface area contributed by atoms with E-state index in [4.69, 9.17) is 4.74 Å². The molecule has 0 radical (unpaired) electrons. The van der Waals surface area contributed by atoms with Gasteiger partial charge in [-0.05, 0) is 37.4 Å². The number of nitrogens with one attached hydrogen (secondary N) is 1. The Morgan fingerprint density at radius 3 is 2.79 bits per heavy atom. The third-order valence-corrected chi connectivity index (χ3v) is 3.50. The van der Waals surface area contributed by atoms with Crippen molar-refractivity contribution < 1.29 is 9.53 Å². The van der Waals surface area contributed by atoms with E-state index in [-0.39, 0.29) is 5.91 Å². The molecular formula is C15H22N2O2. The van der Waals surface area contributed by atoms with E-state index in [1.54, 1.807) is 7.11 Å². The third kappa shape index (κ3) is 3.96. The van der Waals surface area contributed by atoms with Gasteiger partial charge in [0.2, 0.25) is 5.91 Å². The number of benzene rings is 1. The second-order valence-corrected chi connectivity index (χ2v) is 4.83. The Bertz CT molecular complexity index is 414. The quantitative estimate of drug-likeness (QED) is 0.789. The third-order valence-electron chi connectivity index (χ3n) is 3.50. The molecule has 1 heterocycles. The maximum Gasteiger partial charge on any atom is 0.236 e. The number of carbonyl (C=O) groups excluding carboxylic acids is 1. The number of carbonyl (C=O) groups is 1. The largest absolute Gasteiger partial charge is 0.496 e. The summed E-state index contributed by atoms with van der Waals surface area (Å²) in [5, 5.41) is 3.22. The van der Waals surface area contributed by atoms with Crippen molar-refractivity contribution in [1.29, 1.82) is 0 Å². The maximum atomic E-state index is 11.8. The fourth-order valence-corrected chi connectivity index (χ4v) is 2.41. The summed E-state index contributed by atoms with van der Waals surface area (Å²) in [7, 11) is 1.68. The smallest absolute Gasteiger partial charge is 0.236 e. The molecule has 0 atom stereocenters. The van der Waals surface area contributed by atoms with Crippen LogP contribution in [0.2, 0.25) is 0 Å². The Hall–Kier alpha value is -1.55. The SMILES string of the molecule is COc1ccccc1CCNCC(=O)N1CCCC1. The molecular weight excluding hydrogens is 240 g/mol. The second-order valence-electron chi connectivity index (χ2n) is 4.83. The molecule has 0 aliphatic carbocycles. The van der Waals surface area contributed by atoms with Gasteiger partial charge in [-0.2, -0.15) is 0 Å². The Morgan fingerprint density at radius 2 is 2.05 bits per heavy atom. The molecule has 2 rings (SSSR count). The van der Waals surface area contributed by atoms with Gasteiger partial charge in [0.05, 0.1) is 13.7 Å². The molecule has 1 aliphatic heterocycles. The van der Waals surface area contributed by atoms with Crippen LogP contribution in [0.3, 0.4) is 0 Å². The number of hydrogen-bond donors (Lipinski definition) is 1. The van der Waals surface area contributed by atoms with Crippen molar-refractivity contribution >= 4 is 5.91 Å². The second kappa shape index (κ2) is 7.14. The molecule has 0 unspecified atom stereocenters. The minimum atomic E-state index is 0.220. The molecule has 1 amide bonds. The van der Waals surface area contributed by atoms with Crippen molar-refractivity contribution in [3.63, 3.8) is 0 Å². The molecule has 1 fully saturated rings. The van der Waals surface area contributed by atoms with Crippen LogP contribution in [-0.4, -0.2) is 44.1 Å². The molecule has 0 spiro atoms. The monoisotopic (exact) mass is 262 g/mol. The number of rotatable bonds is 6. The van der Waals surface area contributed by atoms with Crippen molar-refractivity contribution in [2.24, 2.45) is 0 Å². The van der Waals surface area contributed by atoms with Crippen molar-refractivity contribution in [3.8, 4) is 5.75 Å². The zero-order valence-corrected chi connectivity index (χ0v) is 11.5. The molecule has 1 N–H and O–H groups in total. The van der Waals surface area contributed by atoms with Crippen LogP contribution >= 0.6 is 0 Å². The topological polar surface area (TPSA) is 41.6 Å². The van der Waals surface area contributed by atoms with Gasteiger partial charge in [0.25, 0.3) is 0 Å². The standard InChI is InChI=1S/C15H22N2O2/c1-19-14-7-3-2-6-13(14)8-9-16-12-15(18)17-10-4-5-11-17/h2-3,6-7,16H,4-5,8-12H2,1H3. The van der Waals surface area contributed by atoms with E-state index in [9.17, 15) is 4.79 Å². The molecule has 4 heteroatoms. The Labute approximate surface area is 114 Å². The van der Waals surface area contributed by atoms with Crippen LogP contribution in [0, 0.1) is 0 Å². The van der Waals surface area contributed by atoms with Crippen LogP contribution in [0.1, 0.15) is 18.4 Å². The van der Waals surface area contributed by atoms with Crippen LogP contribution in [-0.2, 0) is 11.2 Å². The lowest BCUT2D eigenvalue weighted by molar-refractivity contribution is -0.129. The Morgan fingerprint density at radius 1 is 1.32 bits per heavy atom. The number of methoxy groups -OCH3 is 1. The molecule has 1 saturated heterocycles. The van der Waals surface area contributed by atoms with Gasteiger partial charge in [0, 0.05) is 13.1 Å². The van der Waals surface area contributed by atoms with Crippen molar-refractivity contribution in [3.05, 3.63) is 29.8 Å². The molecule has 0 aromatic heterocycles. The highest BCUT2D eigenvalue weighted by molar-refractivity contribution is 5.78. The number of nitrogens with zero attached hydrogens (tertiary/aromatic N) is 1. The van der Waals surface area contributed by atoms with Crippen LogP contribution in [0.25, 0.3) is 0 Å². The summed E-state index contributed by atoms with van der Waals surface area (Å²) in [5.74, 6) is 1.13. The van der Waals surface area contributed by atoms with Crippen molar-refractivity contribution in [2.75, 3.05) is 33.3 Å². The molecule has 0 saturated carbocycles. The predicted molar refractivity (Wildman–Crippen MR) is 75.4 cm³/mol. The first-order chi connectivity index (χ1) is 9.31. The normalized spacial score (nSPS) is 14.7. The molecule has 1 aromatic rings. The fraction of sp³-hybridized carbons (Fsp3) is 0.533. The highest BCUT2D eigenvalue weighted by atomic mass is 16.5. The number of ether oxygens (including phenoxy) is 1. The van der Waals surface area contributed by atoms with E-state index < -0.39 is 0 Å². The lowest BCUT2D eigenvalue weighted by atomic mass is 10.1. The zero-order valence-electron chi connectivity index (χ0n) is 11.5. The fourth-order valence-electron chi connectivity index (χ4n) is 2.41. The Balaban J connectivity index is 1.70. The molecule has 4 nitrogen and oxygen atoms in total. The number of likely N-dealkylation sites (tertiary alicyclic amines) is 1. The minimum absolute atomic E-state index is 0.220. The van der Waals surface area contributed by atoms with Crippen LogP contribution in [0.4, 0.5) is 0 Å². The number of hydrogen-bond acceptors (Lipinski definition) is 3. The summed E-state index contributed by atoms with van der Waals surface area (Å²) in [6, 6.07) is 7.99. The summed E-state index contributed by atoms with van der Waals surface area (Å²) < 4.78 is 5.30. The van der Waals surface area contributed by atoms with Crippen LogP contribution < -0.4 is 10.1 Å². The lowest BCUT2D eigenvalue weighted by Gasteiger charge is -2.15. The zero-order chi connectivity index (χ0) is 13.5. The molecule has 0 bridgehead atoms. The maximum absolute atomic E-state index is 11.8. The Kier molecular flexibility index (Phi) is 5.21. The average molecular weight is 262 g/mol. The lowest BCUT2D eigenvalue weighted by Crippen LogP contribution is -2.36. The summed E-state index contributed by atoms with van der Waals surface area (Å²) in [6.07, 6.45) is 3.16. The molecule has 19 heavy (non-hydrogen) atoms. The van der Waals surface area contributed by atoms with Gasteiger partial charge in [-0.1, -0.05) is 18.2 Å². The molecule has 104 valence electrons. The van der Waals surface area contributed by atoms with Crippen molar-refractivity contribution in [1.82, 2.24) is 10.2 Å². The first-order valence-corrected chi connectivity index (χ1v) is 6.91. The van der Waals surface area contributed by atoms with Crippen LogP contribution in [0.5, 0.6) is 5.75 Å². The van der Waals surface area contributed by atoms with Gasteiger partial charge in [-0.25, -0.2) is 0 Å². The number of para-hydroxylation sites is 1. The van der Waals surface area contributed by atoms with Crippen molar-refractivity contribution in [2.45, 2.75) is 19.3 Å². The number of amides is 1. The summed E-state index contributed by atoms with van der Waals surface area (Å²) in [4.78, 5) is 13.8. The molecule has 1 aromatic carbocycles. The van der Waals surface area contributed by atoms with Gasteiger partial charge in [-0.3, -0.25) is 4.79 Å². The minimum Gasteiger partial charge on any atom is -0.496 e. The van der Waals surface area contributed by atoms with Gasteiger partial charge in [0.15, 0.2) is 0 Å². The van der Waals surface area contributed by atoms with E-state index in [1.165, 1.54) is 5.56 Å². The average Bonchev–Trinajstić information content (AvgIpc) is 2.98.